The number of aromatic nitrogens is 2. The fourth-order valence-corrected chi connectivity index (χ4v) is 2.14. The van der Waals surface area contributed by atoms with Gasteiger partial charge in [-0.1, -0.05) is 6.92 Å². The molecule has 1 rings (SSSR count). The van der Waals surface area contributed by atoms with Gasteiger partial charge < -0.3 is 10.3 Å². The minimum Gasteiger partial charge on any atom is -0.334 e. The average molecular weight is 259 g/mol. The van der Waals surface area contributed by atoms with E-state index < -0.39 is 20.6 Å². The standard InChI is InChI=1S/C11H21N3O2S/c1-5-7-14-8-6-13-10(14)9(12)11(2,3)17(4,15)16/h6,8-9H,5,7,12H2,1-4H3. The van der Waals surface area contributed by atoms with E-state index in [0.29, 0.717) is 5.82 Å². The van der Waals surface area contributed by atoms with Gasteiger partial charge in [-0.3, -0.25) is 0 Å². The summed E-state index contributed by atoms with van der Waals surface area (Å²) < 4.78 is 24.4. The van der Waals surface area contributed by atoms with Crippen LogP contribution in [0, 0.1) is 0 Å². The molecule has 1 atom stereocenters. The molecule has 1 aromatic heterocycles. The Morgan fingerprint density at radius 1 is 1.53 bits per heavy atom. The minimum atomic E-state index is -3.24. The first-order chi connectivity index (χ1) is 7.71. The van der Waals surface area contributed by atoms with E-state index in [9.17, 15) is 8.42 Å². The first-order valence-corrected chi connectivity index (χ1v) is 7.57. The number of hydrogen-bond acceptors (Lipinski definition) is 4. The highest BCUT2D eigenvalue weighted by Crippen LogP contribution is 2.29. The summed E-state index contributed by atoms with van der Waals surface area (Å²) >= 11 is 0. The van der Waals surface area contributed by atoms with Gasteiger partial charge in [0, 0.05) is 25.2 Å². The van der Waals surface area contributed by atoms with Crippen molar-refractivity contribution in [2.24, 2.45) is 5.73 Å². The third kappa shape index (κ3) is 2.69. The Bertz CT molecular complexity index is 477. The van der Waals surface area contributed by atoms with Crippen molar-refractivity contribution in [1.29, 1.82) is 0 Å². The lowest BCUT2D eigenvalue weighted by atomic mass is 10.0. The summed E-state index contributed by atoms with van der Waals surface area (Å²) in [6.45, 7) is 6.12. The number of imidazole rings is 1. The molecule has 0 bridgehead atoms. The molecule has 1 unspecified atom stereocenters. The maximum absolute atomic E-state index is 11.7. The van der Waals surface area contributed by atoms with Crippen LogP contribution in [0.4, 0.5) is 0 Å². The van der Waals surface area contributed by atoms with Crippen LogP contribution in [0.1, 0.15) is 39.1 Å². The van der Waals surface area contributed by atoms with Crippen molar-refractivity contribution >= 4 is 9.84 Å². The largest absolute Gasteiger partial charge is 0.334 e. The van der Waals surface area contributed by atoms with Crippen molar-refractivity contribution < 1.29 is 8.42 Å². The molecule has 0 aromatic carbocycles. The first-order valence-electron chi connectivity index (χ1n) is 5.68. The predicted molar refractivity (Wildman–Crippen MR) is 68.4 cm³/mol. The molecular formula is C11H21N3O2S. The summed E-state index contributed by atoms with van der Waals surface area (Å²) in [6, 6.07) is -0.626. The second-order valence-corrected chi connectivity index (χ2v) is 7.43. The Hall–Kier alpha value is -0.880. The van der Waals surface area contributed by atoms with Gasteiger partial charge in [-0.2, -0.15) is 0 Å². The topological polar surface area (TPSA) is 78.0 Å². The van der Waals surface area contributed by atoms with Crippen molar-refractivity contribution in [2.45, 2.75) is 44.5 Å². The van der Waals surface area contributed by atoms with Gasteiger partial charge >= 0.3 is 0 Å². The molecule has 0 aliphatic heterocycles. The molecule has 0 saturated carbocycles. The van der Waals surface area contributed by atoms with Gasteiger partial charge in [-0.25, -0.2) is 13.4 Å². The molecule has 1 heterocycles. The molecule has 0 radical (unpaired) electrons. The van der Waals surface area contributed by atoms with Crippen molar-refractivity contribution in [1.82, 2.24) is 9.55 Å². The molecule has 0 amide bonds. The van der Waals surface area contributed by atoms with E-state index in [0.717, 1.165) is 13.0 Å². The van der Waals surface area contributed by atoms with Crippen LogP contribution < -0.4 is 5.73 Å². The normalized spacial score (nSPS) is 14.9. The summed E-state index contributed by atoms with van der Waals surface area (Å²) in [5.74, 6) is 0.627. The van der Waals surface area contributed by atoms with Crippen molar-refractivity contribution in [3.63, 3.8) is 0 Å². The molecular weight excluding hydrogens is 238 g/mol. The van der Waals surface area contributed by atoms with E-state index in [1.54, 1.807) is 20.0 Å². The lowest BCUT2D eigenvalue weighted by Crippen LogP contribution is -2.43. The van der Waals surface area contributed by atoms with Gasteiger partial charge in [0.2, 0.25) is 0 Å². The number of rotatable bonds is 5. The van der Waals surface area contributed by atoms with E-state index in [1.165, 1.54) is 6.26 Å². The van der Waals surface area contributed by atoms with Crippen LogP contribution in [0.3, 0.4) is 0 Å². The Morgan fingerprint density at radius 2 is 2.12 bits per heavy atom. The summed E-state index contributed by atoms with van der Waals surface area (Å²) in [5.41, 5.74) is 6.07. The third-order valence-corrected chi connectivity index (χ3v) is 5.36. The fraction of sp³-hybridized carbons (Fsp3) is 0.727. The molecule has 6 heteroatoms. The highest BCUT2D eigenvalue weighted by Gasteiger charge is 2.39. The Kier molecular flexibility index (Phi) is 3.99. The molecule has 98 valence electrons. The van der Waals surface area contributed by atoms with Gasteiger partial charge in [-0.05, 0) is 20.3 Å². The van der Waals surface area contributed by atoms with E-state index >= 15 is 0 Å². The van der Waals surface area contributed by atoms with Crippen LogP contribution in [0.25, 0.3) is 0 Å². The monoisotopic (exact) mass is 259 g/mol. The fourth-order valence-electron chi connectivity index (χ4n) is 1.57. The second kappa shape index (κ2) is 4.78. The molecule has 1 aromatic rings. The molecule has 0 aliphatic rings. The van der Waals surface area contributed by atoms with Gasteiger partial charge in [-0.15, -0.1) is 0 Å². The van der Waals surface area contributed by atoms with Crippen LogP contribution >= 0.6 is 0 Å². The Balaban J connectivity index is 3.12. The number of nitrogens with two attached hydrogens (primary N) is 1. The summed E-state index contributed by atoms with van der Waals surface area (Å²) in [7, 11) is -3.24. The van der Waals surface area contributed by atoms with Crippen molar-refractivity contribution in [2.75, 3.05) is 6.26 Å². The Morgan fingerprint density at radius 3 is 2.59 bits per heavy atom. The van der Waals surface area contributed by atoms with Crippen LogP contribution in [0.5, 0.6) is 0 Å². The molecule has 0 saturated heterocycles. The first kappa shape index (κ1) is 14.2. The highest BCUT2D eigenvalue weighted by molar-refractivity contribution is 7.92. The van der Waals surface area contributed by atoms with Crippen molar-refractivity contribution in [3.05, 3.63) is 18.2 Å². The van der Waals surface area contributed by atoms with E-state index in [-0.39, 0.29) is 0 Å². The van der Waals surface area contributed by atoms with Crippen LogP contribution in [-0.2, 0) is 16.4 Å². The lowest BCUT2D eigenvalue weighted by Gasteiger charge is -2.29. The van der Waals surface area contributed by atoms with Crippen LogP contribution in [-0.4, -0.2) is 29.0 Å². The van der Waals surface area contributed by atoms with E-state index in [2.05, 4.69) is 11.9 Å². The summed E-state index contributed by atoms with van der Waals surface area (Å²) in [5, 5.41) is 0. The van der Waals surface area contributed by atoms with Crippen LogP contribution in [0.15, 0.2) is 12.4 Å². The number of nitrogens with zero attached hydrogens (tertiary/aromatic N) is 2. The number of aryl methyl sites for hydroxylation is 1. The van der Waals surface area contributed by atoms with E-state index in [1.807, 2.05) is 10.8 Å². The maximum Gasteiger partial charge on any atom is 0.154 e. The number of sulfone groups is 1. The average Bonchev–Trinajstić information content (AvgIpc) is 2.63. The smallest absolute Gasteiger partial charge is 0.154 e. The summed E-state index contributed by atoms with van der Waals surface area (Å²) in [4.78, 5) is 4.19. The Labute approximate surface area is 103 Å². The van der Waals surface area contributed by atoms with Gasteiger partial charge in [0.05, 0.1) is 10.8 Å². The highest BCUT2D eigenvalue weighted by atomic mass is 32.2. The molecule has 2 N–H and O–H groups in total. The lowest BCUT2D eigenvalue weighted by molar-refractivity contribution is 0.462. The molecule has 0 spiro atoms. The maximum atomic E-state index is 11.7. The number of hydrogen-bond donors (Lipinski definition) is 1. The van der Waals surface area contributed by atoms with Crippen molar-refractivity contribution in [3.8, 4) is 0 Å². The SMILES string of the molecule is CCCn1ccnc1C(N)C(C)(C)S(C)(=O)=O. The van der Waals surface area contributed by atoms with Gasteiger partial charge in [0.1, 0.15) is 5.82 Å². The van der Waals surface area contributed by atoms with Gasteiger partial charge in [0.15, 0.2) is 9.84 Å². The predicted octanol–water partition coefficient (Wildman–Crippen LogP) is 1.12. The quantitative estimate of drug-likeness (QED) is 0.859. The zero-order valence-corrected chi connectivity index (χ0v) is 11.7. The minimum absolute atomic E-state index is 0.626. The zero-order valence-electron chi connectivity index (χ0n) is 10.8. The molecule has 0 aliphatic carbocycles. The van der Waals surface area contributed by atoms with E-state index in [4.69, 9.17) is 5.73 Å². The zero-order chi connectivity index (χ0) is 13.3. The molecule has 17 heavy (non-hydrogen) atoms. The third-order valence-electron chi connectivity index (χ3n) is 3.19. The van der Waals surface area contributed by atoms with Gasteiger partial charge in [0.25, 0.3) is 0 Å². The molecule has 5 nitrogen and oxygen atoms in total. The van der Waals surface area contributed by atoms with Crippen LogP contribution in [0.2, 0.25) is 0 Å². The molecule has 0 fully saturated rings. The second-order valence-electron chi connectivity index (χ2n) is 4.83. The summed E-state index contributed by atoms with van der Waals surface area (Å²) in [6.07, 6.45) is 5.65.